The number of carbonyl (C=O) groups excluding carboxylic acids is 2. The highest BCUT2D eigenvalue weighted by Crippen LogP contribution is 2.22. The number of pyridine rings is 1. The van der Waals surface area contributed by atoms with Crippen molar-refractivity contribution in [2.24, 2.45) is 0 Å². The first-order valence-electron chi connectivity index (χ1n) is 11.0. The van der Waals surface area contributed by atoms with Gasteiger partial charge in [-0.25, -0.2) is 4.79 Å². The van der Waals surface area contributed by atoms with Crippen LogP contribution in [0.5, 0.6) is 5.75 Å². The summed E-state index contributed by atoms with van der Waals surface area (Å²) < 4.78 is 11.5. The molecule has 0 fully saturated rings. The summed E-state index contributed by atoms with van der Waals surface area (Å²) in [4.78, 5) is 38.5. The van der Waals surface area contributed by atoms with Gasteiger partial charge < -0.3 is 20.1 Å². The zero-order valence-electron chi connectivity index (χ0n) is 19.4. The highest BCUT2D eigenvalue weighted by molar-refractivity contribution is 6.01. The van der Waals surface area contributed by atoms with Gasteiger partial charge in [0.25, 0.3) is 5.56 Å². The monoisotopic (exact) mass is 471 g/mol. The molecule has 0 saturated carbocycles. The number of esters is 1. The third-order valence-corrected chi connectivity index (χ3v) is 5.54. The Morgan fingerprint density at radius 3 is 2.40 bits per heavy atom. The topological polar surface area (TPSA) is 98.7 Å². The summed E-state index contributed by atoms with van der Waals surface area (Å²) in [6.45, 7) is 0.0365. The molecular formula is C27H25N3O5. The van der Waals surface area contributed by atoms with Crippen LogP contribution >= 0.6 is 0 Å². The van der Waals surface area contributed by atoms with Gasteiger partial charge in [-0.05, 0) is 47.9 Å². The maximum Gasteiger partial charge on any atom is 0.339 e. The Morgan fingerprint density at radius 1 is 0.914 bits per heavy atom. The molecule has 0 aliphatic carbocycles. The number of nitrogens with one attached hydrogen (secondary N) is 2. The highest BCUT2D eigenvalue weighted by atomic mass is 16.5. The van der Waals surface area contributed by atoms with Gasteiger partial charge in [0, 0.05) is 23.9 Å². The van der Waals surface area contributed by atoms with Crippen LogP contribution < -0.4 is 20.9 Å². The Hall–Kier alpha value is -4.59. The van der Waals surface area contributed by atoms with Crippen LogP contribution in [0.25, 0.3) is 10.9 Å². The highest BCUT2D eigenvalue weighted by Gasteiger charge is 2.16. The smallest absolute Gasteiger partial charge is 0.339 e. The van der Waals surface area contributed by atoms with E-state index in [2.05, 4.69) is 10.6 Å². The van der Waals surface area contributed by atoms with E-state index >= 15 is 0 Å². The van der Waals surface area contributed by atoms with E-state index in [1.807, 2.05) is 42.5 Å². The summed E-state index contributed by atoms with van der Waals surface area (Å²) in [5.41, 5.74) is 2.18. The fourth-order valence-electron chi connectivity index (χ4n) is 3.79. The van der Waals surface area contributed by atoms with Gasteiger partial charge in [-0.15, -0.1) is 0 Å². The normalized spacial score (nSPS) is 10.6. The largest absolute Gasteiger partial charge is 0.497 e. The fourth-order valence-corrected chi connectivity index (χ4v) is 3.79. The lowest BCUT2D eigenvalue weighted by Gasteiger charge is -2.15. The average Bonchev–Trinajstić information content (AvgIpc) is 2.89. The minimum atomic E-state index is -0.567. The maximum absolute atomic E-state index is 13.4. The van der Waals surface area contributed by atoms with Gasteiger partial charge in [-0.3, -0.25) is 14.2 Å². The molecule has 8 nitrogen and oxygen atoms in total. The molecule has 2 N–H and O–H groups in total. The Balaban J connectivity index is 1.68. The summed E-state index contributed by atoms with van der Waals surface area (Å²) in [7, 11) is 2.81. The van der Waals surface area contributed by atoms with Crippen LogP contribution in [0, 0.1) is 0 Å². The number of hydrogen-bond acceptors (Lipinski definition) is 6. The number of nitrogens with zero attached hydrogens (tertiary/aromatic N) is 1. The minimum Gasteiger partial charge on any atom is -0.497 e. The summed E-state index contributed by atoms with van der Waals surface area (Å²) in [6.07, 6.45) is 0. The van der Waals surface area contributed by atoms with E-state index < -0.39 is 11.9 Å². The first-order valence-corrected chi connectivity index (χ1v) is 11.0. The van der Waals surface area contributed by atoms with Gasteiger partial charge >= 0.3 is 5.97 Å². The van der Waals surface area contributed by atoms with Crippen molar-refractivity contribution in [1.82, 2.24) is 4.57 Å². The molecule has 4 aromatic rings. The second-order valence-electron chi connectivity index (χ2n) is 7.79. The second kappa shape index (κ2) is 10.6. The number of aromatic nitrogens is 1. The first-order chi connectivity index (χ1) is 17.0. The van der Waals surface area contributed by atoms with Gasteiger partial charge in [0.2, 0.25) is 5.91 Å². The molecule has 0 bridgehead atoms. The lowest BCUT2D eigenvalue weighted by Crippen LogP contribution is -2.31. The number of benzene rings is 3. The number of anilines is 2. The Morgan fingerprint density at radius 2 is 1.66 bits per heavy atom. The van der Waals surface area contributed by atoms with Crippen LogP contribution in [0.2, 0.25) is 0 Å². The third-order valence-electron chi connectivity index (χ3n) is 5.54. The number of hydrogen-bond donors (Lipinski definition) is 2. The van der Waals surface area contributed by atoms with Gasteiger partial charge in [0.1, 0.15) is 12.3 Å². The Labute approximate surface area is 202 Å². The summed E-state index contributed by atoms with van der Waals surface area (Å²) >= 11 is 0. The number of ether oxygens (including phenoxy) is 2. The van der Waals surface area contributed by atoms with Crippen LogP contribution in [-0.2, 0) is 22.6 Å². The second-order valence-corrected chi connectivity index (χ2v) is 7.79. The number of amides is 1. The molecule has 1 amide bonds. The molecule has 8 heteroatoms. The lowest BCUT2D eigenvalue weighted by molar-refractivity contribution is -0.116. The van der Waals surface area contributed by atoms with Crippen molar-refractivity contribution in [3.05, 3.63) is 100 Å². The van der Waals surface area contributed by atoms with Crippen molar-refractivity contribution in [2.45, 2.75) is 13.1 Å². The van der Waals surface area contributed by atoms with Crippen molar-refractivity contribution in [2.75, 3.05) is 24.9 Å². The van der Waals surface area contributed by atoms with Gasteiger partial charge in [0.15, 0.2) is 0 Å². The fraction of sp³-hybridized carbons (Fsp3) is 0.148. The zero-order valence-corrected chi connectivity index (χ0v) is 19.4. The van der Waals surface area contributed by atoms with Crippen LogP contribution in [0.15, 0.2) is 83.7 Å². The van der Waals surface area contributed by atoms with Crippen molar-refractivity contribution in [3.63, 3.8) is 0 Å². The molecular weight excluding hydrogens is 446 g/mol. The molecule has 1 aromatic heterocycles. The third kappa shape index (κ3) is 5.33. The van der Waals surface area contributed by atoms with Crippen LogP contribution in [0.1, 0.15) is 15.9 Å². The maximum atomic E-state index is 13.4. The van der Waals surface area contributed by atoms with Crippen molar-refractivity contribution in [1.29, 1.82) is 0 Å². The van der Waals surface area contributed by atoms with Crippen molar-refractivity contribution < 1.29 is 19.1 Å². The molecule has 4 rings (SSSR count). The van der Waals surface area contributed by atoms with Gasteiger partial charge in [-0.1, -0.05) is 30.3 Å². The summed E-state index contributed by atoms with van der Waals surface area (Å²) in [5, 5.41) is 6.76. The van der Waals surface area contributed by atoms with Crippen LogP contribution in [0.4, 0.5) is 11.4 Å². The van der Waals surface area contributed by atoms with Gasteiger partial charge in [-0.2, -0.15) is 0 Å². The molecule has 0 unspecified atom stereocenters. The van der Waals surface area contributed by atoms with E-state index in [1.165, 1.54) is 18.8 Å². The molecule has 0 aliphatic heterocycles. The van der Waals surface area contributed by atoms with E-state index in [4.69, 9.17) is 9.47 Å². The van der Waals surface area contributed by atoms with E-state index in [9.17, 15) is 14.4 Å². The standard InChI is InChI=1S/C27H25N3O5/c1-34-21-13-12-18-14-19(16-28-20-8-4-3-5-9-20)26(32)30(24(18)15-21)17-25(31)29-23-11-7-6-10-22(23)27(33)35-2/h3-15,28H,16-17H2,1-2H3,(H,29,31). The van der Waals surface area contributed by atoms with Crippen molar-refractivity contribution in [3.8, 4) is 5.75 Å². The average molecular weight is 472 g/mol. The quantitative estimate of drug-likeness (QED) is 0.376. The molecule has 35 heavy (non-hydrogen) atoms. The number of fused-ring (bicyclic) bond motifs is 1. The minimum absolute atomic E-state index is 0.225. The predicted molar refractivity (Wildman–Crippen MR) is 135 cm³/mol. The Bertz CT molecular complexity index is 1430. The molecule has 3 aromatic carbocycles. The lowest BCUT2D eigenvalue weighted by atomic mass is 10.1. The molecule has 1 heterocycles. The number of methoxy groups -OCH3 is 2. The molecule has 0 atom stereocenters. The number of rotatable bonds is 8. The van der Waals surface area contributed by atoms with E-state index in [1.54, 1.807) is 36.4 Å². The molecule has 0 radical (unpaired) electrons. The van der Waals surface area contributed by atoms with E-state index in [0.717, 1.165) is 11.1 Å². The molecule has 0 aliphatic rings. The van der Waals surface area contributed by atoms with E-state index in [-0.39, 0.29) is 24.2 Å². The Kier molecular flexibility index (Phi) is 7.11. The SMILES string of the molecule is COC(=O)c1ccccc1NC(=O)Cn1c(=O)c(CNc2ccccc2)cc2ccc(OC)cc21. The summed E-state index contributed by atoms with van der Waals surface area (Å²) in [6, 6.07) is 23.3. The molecule has 0 saturated heterocycles. The van der Waals surface area contributed by atoms with Crippen LogP contribution in [0.3, 0.4) is 0 Å². The first kappa shape index (κ1) is 23.6. The van der Waals surface area contributed by atoms with Crippen LogP contribution in [-0.4, -0.2) is 30.7 Å². The van der Waals surface area contributed by atoms with Crippen molar-refractivity contribution >= 4 is 34.2 Å². The zero-order chi connectivity index (χ0) is 24.8. The van der Waals surface area contributed by atoms with E-state index in [0.29, 0.717) is 22.5 Å². The summed E-state index contributed by atoms with van der Waals surface area (Å²) in [5.74, 6) is -0.458. The number of carbonyl (C=O) groups is 2. The molecule has 0 spiro atoms. The molecule has 178 valence electrons. The number of para-hydroxylation sites is 2. The predicted octanol–water partition coefficient (Wildman–Crippen LogP) is 4.05. The van der Waals surface area contributed by atoms with Gasteiger partial charge in [0.05, 0.1) is 31.0 Å².